The Kier molecular flexibility index (Phi) is 6.50. The Labute approximate surface area is 191 Å². The van der Waals surface area contributed by atoms with Crippen molar-refractivity contribution >= 4 is 38.5 Å². The second-order valence-corrected chi connectivity index (χ2v) is 8.87. The minimum absolute atomic E-state index is 0.0306. The number of anilines is 2. The minimum Gasteiger partial charge on any atom is -0.481 e. The first-order chi connectivity index (χ1) is 15.9. The van der Waals surface area contributed by atoms with Crippen molar-refractivity contribution in [2.24, 2.45) is 0 Å². The van der Waals surface area contributed by atoms with E-state index in [2.05, 4.69) is 20.0 Å². The number of rotatable bonds is 8. The number of hydrogen-bond donors (Lipinski definition) is 2. The Bertz CT molecular complexity index is 1360. The van der Waals surface area contributed by atoms with Crippen molar-refractivity contribution in [2.75, 3.05) is 10.0 Å². The van der Waals surface area contributed by atoms with Gasteiger partial charge in [0.05, 0.1) is 22.1 Å². The molecule has 1 atom stereocenters. The molecule has 0 bridgehead atoms. The van der Waals surface area contributed by atoms with Crippen LogP contribution in [0.3, 0.4) is 0 Å². The molecule has 0 radical (unpaired) electrons. The average Bonchev–Trinajstić information content (AvgIpc) is 2.83. The van der Waals surface area contributed by atoms with Crippen LogP contribution in [0.1, 0.15) is 13.3 Å². The van der Waals surface area contributed by atoms with E-state index in [0.717, 1.165) is 0 Å². The molecular weight excluding hydrogens is 440 g/mol. The summed E-state index contributed by atoms with van der Waals surface area (Å²) in [5.74, 6) is 0.403. The first kappa shape index (κ1) is 22.2. The fourth-order valence-corrected chi connectivity index (χ4v) is 4.11. The van der Waals surface area contributed by atoms with Gasteiger partial charge in [-0.2, -0.15) is 0 Å². The molecular formula is C24H22N4O4S. The molecule has 8 nitrogen and oxygen atoms in total. The van der Waals surface area contributed by atoms with E-state index >= 15 is 0 Å². The van der Waals surface area contributed by atoms with Gasteiger partial charge in [-0.1, -0.05) is 37.3 Å². The van der Waals surface area contributed by atoms with Crippen molar-refractivity contribution in [3.63, 3.8) is 0 Å². The molecule has 9 heteroatoms. The molecule has 4 rings (SSSR count). The van der Waals surface area contributed by atoms with Crippen LogP contribution in [-0.2, 0) is 14.8 Å². The standard InChI is InChI=1S/C24H22N4O4S/c1-2-22(32-18-8-4-3-5-9-18)24(29)26-17-12-14-19(15-13-17)33(30,31)28-23-16-25-20-10-6-7-11-21(20)27-23/h3-16,22H,2H2,1H3,(H,26,29)(H,27,28)/t22-/m0/s1. The number of sulfonamides is 1. The summed E-state index contributed by atoms with van der Waals surface area (Å²) in [4.78, 5) is 21.1. The molecule has 0 saturated carbocycles. The fourth-order valence-electron chi connectivity index (χ4n) is 3.13. The Morgan fingerprint density at radius 2 is 1.61 bits per heavy atom. The number of nitrogens with zero attached hydrogens (tertiary/aromatic N) is 2. The summed E-state index contributed by atoms with van der Waals surface area (Å²) in [7, 11) is -3.88. The number of benzene rings is 3. The minimum atomic E-state index is -3.88. The van der Waals surface area contributed by atoms with E-state index in [1.165, 1.54) is 30.5 Å². The highest BCUT2D eigenvalue weighted by Crippen LogP contribution is 2.19. The number of carbonyl (C=O) groups is 1. The lowest BCUT2D eigenvalue weighted by molar-refractivity contribution is -0.122. The quantitative estimate of drug-likeness (QED) is 0.406. The Morgan fingerprint density at radius 1 is 0.939 bits per heavy atom. The first-order valence-corrected chi connectivity index (χ1v) is 11.8. The summed E-state index contributed by atoms with van der Waals surface area (Å²) in [5.41, 5.74) is 1.71. The predicted molar refractivity (Wildman–Crippen MR) is 127 cm³/mol. The van der Waals surface area contributed by atoms with Gasteiger partial charge in [0.2, 0.25) is 0 Å². The van der Waals surface area contributed by atoms with Crippen LogP contribution < -0.4 is 14.8 Å². The van der Waals surface area contributed by atoms with E-state index in [1.807, 2.05) is 31.2 Å². The van der Waals surface area contributed by atoms with Crippen molar-refractivity contribution in [3.8, 4) is 5.75 Å². The third-order valence-corrected chi connectivity index (χ3v) is 6.18. The summed E-state index contributed by atoms with van der Waals surface area (Å²) in [6, 6.07) is 22.1. The third-order valence-electron chi connectivity index (χ3n) is 4.80. The van der Waals surface area contributed by atoms with Crippen molar-refractivity contribution in [3.05, 3.63) is 85.1 Å². The van der Waals surface area contributed by atoms with Crippen LogP contribution in [0.2, 0.25) is 0 Å². The maximum atomic E-state index is 12.7. The van der Waals surface area contributed by atoms with Gasteiger partial charge in [-0.15, -0.1) is 0 Å². The topological polar surface area (TPSA) is 110 Å². The number of fused-ring (bicyclic) bond motifs is 1. The highest BCUT2D eigenvalue weighted by Gasteiger charge is 2.20. The molecule has 0 spiro atoms. The second kappa shape index (κ2) is 9.66. The molecule has 1 aromatic heterocycles. The van der Waals surface area contributed by atoms with Gasteiger partial charge in [0, 0.05) is 5.69 Å². The maximum Gasteiger partial charge on any atom is 0.265 e. The molecule has 0 aliphatic carbocycles. The number of carbonyl (C=O) groups excluding carboxylic acids is 1. The predicted octanol–water partition coefficient (Wildman–Crippen LogP) is 4.23. The number of para-hydroxylation sites is 3. The van der Waals surface area contributed by atoms with Gasteiger partial charge in [-0.25, -0.2) is 13.4 Å². The molecule has 0 saturated heterocycles. The fraction of sp³-hybridized carbons (Fsp3) is 0.125. The Hall–Kier alpha value is -3.98. The molecule has 1 amide bonds. The van der Waals surface area contributed by atoms with Crippen molar-refractivity contribution < 1.29 is 17.9 Å². The Morgan fingerprint density at radius 3 is 2.30 bits per heavy atom. The van der Waals surface area contributed by atoms with E-state index < -0.39 is 16.1 Å². The lowest BCUT2D eigenvalue weighted by Crippen LogP contribution is -2.32. The van der Waals surface area contributed by atoms with Gasteiger partial charge < -0.3 is 10.1 Å². The molecule has 168 valence electrons. The van der Waals surface area contributed by atoms with Gasteiger partial charge in [0.15, 0.2) is 11.9 Å². The van der Waals surface area contributed by atoms with E-state index in [-0.39, 0.29) is 16.6 Å². The van der Waals surface area contributed by atoms with Crippen molar-refractivity contribution in [1.82, 2.24) is 9.97 Å². The summed E-state index contributed by atoms with van der Waals surface area (Å²) >= 11 is 0. The number of nitrogens with one attached hydrogen (secondary N) is 2. The van der Waals surface area contributed by atoms with E-state index in [4.69, 9.17) is 4.74 Å². The molecule has 1 heterocycles. The van der Waals surface area contributed by atoms with Gasteiger partial charge >= 0.3 is 0 Å². The smallest absolute Gasteiger partial charge is 0.265 e. The summed E-state index contributed by atoms with van der Waals surface area (Å²) in [6.45, 7) is 1.85. The number of amides is 1. The lowest BCUT2D eigenvalue weighted by Gasteiger charge is -2.17. The summed E-state index contributed by atoms with van der Waals surface area (Å²) < 4.78 is 33.7. The van der Waals surface area contributed by atoms with E-state index in [0.29, 0.717) is 28.9 Å². The molecule has 0 fully saturated rings. The van der Waals surface area contributed by atoms with Gasteiger partial charge in [0.1, 0.15) is 5.75 Å². The van der Waals surface area contributed by atoms with Gasteiger partial charge in [-0.05, 0) is 55.0 Å². The zero-order valence-electron chi connectivity index (χ0n) is 17.8. The zero-order chi connectivity index (χ0) is 23.3. The third kappa shape index (κ3) is 5.45. The SMILES string of the molecule is CC[C@H](Oc1ccccc1)C(=O)Nc1ccc(S(=O)(=O)Nc2cnc3ccccc3n2)cc1. The zero-order valence-corrected chi connectivity index (χ0v) is 18.6. The normalized spacial score (nSPS) is 12.2. The van der Waals surface area contributed by atoms with Crippen LogP contribution in [0.4, 0.5) is 11.5 Å². The summed E-state index contributed by atoms with van der Waals surface area (Å²) in [5, 5.41) is 2.76. The van der Waals surface area contributed by atoms with Gasteiger partial charge in [0.25, 0.3) is 15.9 Å². The number of aromatic nitrogens is 2. The van der Waals surface area contributed by atoms with Crippen molar-refractivity contribution in [1.29, 1.82) is 0 Å². The first-order valence-electron chi connectivity index (χ1n) is 10.3. The average molecular weight is 463 g/mol. The number of hydrogen-bond acceptors (Lipinski definition) is 6. The van der Waals surface area contributed by atoms with E-state index in [9.17, 15) is 13.2 Å². The van der Waals surface area contributed by atoms with Crippen LogP contribution in [0.15, 0.2) is 90.0 Å². The summed E-state index contributed by atoms with van der Waals surface area (Å²) in [6.07, 6.45) is 1.17. The maximum absolute atomic E-state index is 12.7. The molecule has 0 aliphatic rings. The van der Waals surface area contributed by atoms with Crippen LogP contribution in [-0.4, -0.2) is 30.4 Å². The number of ether oxygens (including phenoxy) is 1. The molecule has 4 aromatic rings. The van der Waals surface area contributed by atoms with Gasteiger partial charge in [-0.3, -0.25) is 14.5 Å². The molecule has 0 aliphatic heterocycles. The molecule has 2 N–H and O–H groups in total. The lowest BCUT2D eigenvalue weighted by atomic mass is 10.2. The second-order valence-electron chi connectivity index (χ2n) is 7.19. The molecule has 33 heavy (non-hydrogen) atoms. The van der Waals surface area contributed by atoms with Crippen LogP contribution >= 0.6 is 0 Å². The monoisotopic (exact) mass is 462 g/mol. The highest BCUT2D eigenvalue weighted by atomic mass is 32.2. The van der Waals surface area contributed by atoms with E-state index in [1.54, 1.807) is 30.3 Å². The van der Waals surface area contributed by atoms with Crippen LogP contribution in [0, 0.1) is 0 Å². The largest absolute Gasteiger partial charge is 0.481 e. The Balaban J connectivity index is 1.43. The van der Waals surface area contributed by atoms with Crippen molar-refractivity contribution in [2.45, 2.75) is 24.3 Å². The molecule has 0 unspecified atom stereocenters. The van der Waals surface area contributed by atoms with Crippen LogP contribution in [0.25, 0.3) is 11.0 Å². The molecule has 3 aromatic carbocycles. The van der Waals surface area contributed by atoms with Crippen LogP contribution in [0.5, 0.6) is 5.75 Å². The highest BCUT2D eigenvalue weighted by molar-refractivity contribution is 7.92.